The fourth-order valence-corrected chi connectivity index (χ4v) is 3.55. The zero-order valence-electron chi connectivity index (χ0n) is 18.8. The molecule has 1 saturated carbocycles. The molecule has 0 aliphatic heterocycles. The molecule has 1 aliphatic rings. The number of ether oxygens (including phenoxy) is 2. The van der Waals surface area contributed by atoms with Crippen molar-refractivity contribution in [1.29, 1.82) is 0 Å². The highest BCUT2D eigenvalue weighted by Gasteiger charge is 2.19. The van der Waals surface area contributed by atoms with Gasteiger partial charge in [-0.25, -0.2) is 15.6 Å². The van der Waals surface area contributed by atoms with Gasteiger partial charge in [0.1, 0.15) is 12.4 Å². The molecule has 4 N–H and O–H groups in total. The van der Waals surface area contributed by atoms with Gasteiger partial charge in [-0.05, 0) is 50.7 Å². The Morgan fingerprint density at radius 1 is 1.20 bits per heavy atom. The SMILES string of the molecule is CCCN(C)C(=O)OC/C(=C(/N)c1ccc(OC2CCCCC2)c(CC)n1)N(C)N. The van der Waals surface area contributed by atoms with E-state index in [1.165, 1.54) is 29.2 Å². The van der Waals surface area contributed by atoms with Gasteiger partial charge in [0.15, 0.2) is 0 Å². The number of likely N-dealkylation sites (N-methyl/N-ethyl adjacent to an activating group) is 1. The van der Waals surface area contributed by atoms with Crippen molar-refractivity contribution in [3.8, 4) is 5.75 Å². The highest BCUT2D eigenvalue weighted by Crippen LogP contribution is 2.27. The molecular weight excluding hydrogens is 382 g/mol. The lowest BCUT2D eigenvalue weighted by atomic mass is 9.98. The smallest absolute Gasteiger partial charge is 0.409 e. The summed E-state index contributed by atoms with van der Waals surface area (Å²) in [6, 6.07) is 3.76. The van der Waals surface area contributed by atoms with Gasteiger partial charge in [0.2, 0.25) is 0 Å². The van der Waals surface area contributed by atoms with Crippen LogP contribution in [0.2, 0.25) is 0 Å². The van der Waals surface area contributed by atoms with E-state index < -0.39 is 6.09 Å². The minimum atomic E-state index is -0.414. The second-order valence-corrected chi connectivity index (χ2v) is 7.82. The maximum Gasteiger partial charge on any atom is 0.409 e. The lowest BCUT2D eigenvalue weighted by molar-refractivity contribution is 0.113. The largest absolute Gasteiger partial charge is 0.489 e. The van der Waals surface area contributed by atoms with Gasteiger partial charge in [0, 0.05) is 20.6 Å². The molecule has 1 fully saturated rings. The first-order valence-electron chi connectivity index (χ1n) is 10.9. The Bertz CT molecular complexity index is 729. The average molecular weight is 420 g/mol. The van der Waals surface area contributed by atoms with E-state index in [1.807, 2.05) is 26.0 Å². The van der Waals surface area contributed by atoms with E-state index in [0.717, 1.165) is 37.1 Å². The van der Waals surface area contributed by atoms with Crippen molar-refractivity contribution >= 4 is 11.8 Å². The number of aromatic nitrogens is 1. The van der Waals surface area contributed by atoms with Crippen LogP contribution in [-0.4, -0.2) is 54.3 Å². The Kier molecular flexibility index (Phi) is 9.23. The van der Waals surface area contributed by atoms with Crippen molar-refractivity contribution < 1.29 is 14.3 Å². The normalized spacial score (nSPS) is 15.4. The lowest BCUT2D eigenvalue weighted by Gasteiger charge is -2.24. The number of hydrogen-bond donors (Lipinski definition) is 2. The zero-order chi connectivity index (χ0) is 22.1. The van der Waals surface area contributed by atoms with Crippen molar-refractivity contribution in [2.75, 3.05) is 27.2 Å². The van der Waals surface area contributed by atoms with Crippen LogP contribution in [0.25, 0.3) is 5.70 Å². The predicted octanol–water partition coefficient (Wildman–Crippen LogP) is 3.27. The molecule has 1 amide bonds. The third-order valence-electron chi connectivity index (χ3n) is 5.33. The first-order valence-corrected chi connectivity index (χ1v) is 10.9. The van der Waals surface area contributed by atoms with E-state index in [1.54, 1.807) is 14.1 Å². The third-order valence-corrected chi connectivity index (χ3v) is 5.33. The number of rotatable bonds is 9. The third kappa shape index (κ3) is 6.52. The van der Waals surface area contributed by atoms with Crippen LogP contribution in [0.1, 0.15) is 63.8 Å². The minimum Gasteiger partial charge on any atom is -0.489 e. The number of hydrazine groups is 1. The molecule has 1 aromatic heterocycles. The highest BCUT2D eigenvalue weighted by atomic mass is 16.6. The van der Waals surface area contributed by atoms with E-state index in [4.69, 9.17) is 26.0 Å². The van der Waals surface area contributed by atoms with Gasteiger partial charge in [-0.1, -0.05) is 20.3 Å². The summed E-state index contributed by atoms with van der Waals surface area (Å²) < 4.78 is 11.6. The predicted molar refractivity (Wildman–Crippen MR) is 118 cm³/mol. The highest BCUT2D eigenvalue weighted by molar-refractivity contribution is 5.68. The van der Waals surface area contributed by atoms with Crippen molar-refractivity contribution in [3.05, 3.63) is 29.2 Å². The van der Waals surface area contributed by atoms with Gasteiger partial charge in [0.25, 0.3) is 0 Å². The van der Waals surface area contributed by atoms with Crippen LogP contribution in [-0.2, 0) is 11.2 Å². The van der Waals surface area contributed by atoms with Gasteiger partial charge in [-0.2, -0.15) is 0 Å². The van der Waals surface area contributed by atoms with E-state index in [2.05, 4.69) is 0 Å². The summed E-state index contributed by atoms with van der Waals surface area (Å²) in [7, 11) is 3.36. The Morgan fingerprint density at radius 2 is 1.90 bits per heavy atom. The first-order chi connectivity index (χ1) is 14.4. The maximum absolute atomic E-state index is 12.1. The topological polar surface area (TPSA) is 107 Å². The van der Waals surface area contributed by atoms with Crippen LogP contribution >= 0.6 is 0 Å². The molecule has 0 aromatic carbocycles. The number of hydrogen-bond acceptors (Lipinski definition) is 7. The van der Waals surface area contributed by atoms with Gasteiger partial charge in [-0.15, -0.1) is 0 Å². The Balaban J connectivity index is 2.18. The molecule has 0 radical (unpaired) electrons. The number of amides is 1. The molecule has 0 bridgehead atoms. The molecule has 2 rings (SSSR count). The van der Waals surface area contributed by atoms with Crippen molar-refractivity contribution in [1.82, 2.24) is 14.9 Å². The van der Waals surface area contributed by atoms with Crippen LogP contribution in [0.4, 0.5) is 4.79 Å². The number of carbonyl (C=O) groups excluding carboxylic acids is 1. The van der Waals surface area contributed by atoms with E-state index in [-0.39, 0.29) is 12.7 Å². The molecule has 0 saturated heterocycles. The molecule has 8 heteroatoms. The number of pyridine rings is 1. The first kappa shape index (κ1) is 23.8. The number of aryl methyl sites for hydroxylation is 1. The zero-order valence-corrected chi connectivity index (χ0v) is 18.8. The quantitative estimate of drug-likeness (QED) is 0.467. The van der Waals surface area contributed by atoms with E-state index >= 15 is 0 Å². The summed E-state index contributed by atoms with van der Waals surface area (Å²) in [5, 5.41) is 1.36. The summed E-state index contributed by atoms with van der Waals surface area (Å²) >= 11 is 0. The van der Waals surface area contributed by atoms with Gasteiger partial charge in [-0.3, -0.25) is 0 Å². The fourth-order valence-electron chi connectivity index (χ4n) is 3.55. The van der Waals surface area contributed by atoms with Crippen molar-refractivity contribution in [2.24, 2.45) is 11.6 Å². The Labute approximate surface area is 180 Å². The molecule has 0 atom stereocenters. The second-order valence-electron chi connectivity index (χ2n) is 7.82. The summed E-state index contributed by atoms with van der Waals surface area (Å²) in [6.45, 7) is 4.63. The van der Waals surface area contributed by atoms with E-state index in [9.17, 15) is 4.79 Å². The summed E-state index contributed by atoms with van der Waals surface area (Å²) in [5.74, 6) is 6.77. The maximum atomic E-state index is 12.1. The molecule has 0 spiro atoms. The van der Waals surface area contributed by atoms with Crippen molar-refractivity contribution in [2.45, 2.75) is 64.9 Å². The van der Waals surface area contributed by atoms with Gasteiger partial charge >= 0.3 is 6.09 Å². The van der Waals surface area contributed by atoms with Crippen LogP contribution in [0, 0.1) is 0 Å². The Morgan fingerprint density at radius 3 is 2.50 bits per heavy atom. The van der Waals surface area contributed by atoms with Crippen molar-refractivity contribution in [3.63, 3.8) is 0 Å². The molecule has 30 heavy (non-hydrogen) atoms. The van der Waals surface area contributed by atoms with Crippen LogP contribution < -0.4 is 16.3 Å². The lowest BCUT2D eigenvalue weighted by Crippen LogP contribution is -2.34. The molecular formula is C22H37N5O3. The summed E-state index contributed by atoms with van der Waals surface area (Å²) in [5.41, 5.74) is 8.69. The number of nitrogens with zero attached hydrogens (tertiary/aromatic N) is 3. The van der Waals surface area contributed by atoms with Crippen LogP contribution in [0.3, 0.4) is 0 Å². The van der Waals surface area contributed by atoms with Crippen LogP contribution in [0.5, 0.6) is 5.75 Å². The van der Waals surface area contributed by atoms with Gasteiger partial charge < -0.3 is 25.1 Å². The summed E-state index contributed by atoms with van der Waals surface area (Å²) in [4.78, 5) is 18.3. The number of carbonyl (C=O) groups is 1. The average Bonchev–Trinajstić information content (AvgIpc) is 2.74. The molecule has 168 valence electrons. The second kappa shape index (κ2) is 11.6. The fraction of sp³-hybridized carbons (Fsp3) is 0.636. The molecule has 8 nitrogen and oxygen atoms in total. The monoisotopic (exact) mass is 419 g/mol. The van der Waals surface area contributed by atoms with Crippen LogP contribution in [0.15, 0.2) is 17.8 Å². The molecule has 1 aromatic rings. The van der Waals surface area contributed by atoms with Gasteiger partial charge in [0.05, 0.1) is 28.9 Å². The molecule has 1 heterocycles. The summed E-state index contributed by atoms with van der Waals surface area (Å²) in [6.07, 6.45) is 7.32. The Hall–Kier alpha value is -2.48. The standard InChI is InChI=1S/C22H37N5O3/c1-5-14-26(3)22(28)29-15-19(27(4)24)21(23)18-12-13-20(17(6-2)25-18)30-16-10-8-7-9-11-16/h12-13,16H,5-11,14-15,23-24H2,1-4H3/b21-19-. The molecule has 1 aliphatic carbocycles. The number of nitrogens with two attached hydrogens (primary N) is 2. The molecule has 0 unspecified atom stereocenters. The van der Waals surface area contributed by atoms with E-state index in [0.29, 0.717) is 23.6 Å². The minimum absolute atomic E-state index is 0.0326.